The van der Waals surface area contributed by atoms with Crippen molar-refractivity contribution in [3.8, 4) is 6.07 Å². The number of rotatable bonds is 3. The van der Waals surface area contributed by atoms with Crippen molar-refractivity contribution < 1.29 is 0 Å². The lowest BCUT2D eigenvalue weighted by Gasteiger charge is -2.33. The van der Waals surface area contributed by atoms with Gasteiger partial charge in [-0.3, -0.25) is 0 Å². The molecule has 0 bridgehead atoms. The zero-order chi connectivity index (χ0) is 9.68. The minimum absolute atomic E-state index is 0.669. The van der Waals surface area contributed by atoms with E-state index < -0.39 is 0 Å². The highest BCUT2D eigenvalue weighted by Crippen LogP contribution is 2.26. The molecule has 1 fully saturated rings. The van der Waals surface area contributed by atoms with E-state index in [-0.39, 0.29) is 0 Å². The van der Waals surface area contributed by atoms with Crippen LogP contribution in [0.1, 0.15) is 39.0 Å². The van der Waals surface area contributed by atoms with Gasteiger partial charge in [-0.25, -0.2) is 0 Å². The van der Waals surface area contributed by atoms with Crippen LogP contribution in [0.3, 0.4) is 0 Å². The van der Waals surface area contributed by atoms with Gasteiger partial charge < -0.3 is 4.90 Å². The number of nitrogens with zero attached hydrogens (tertiary/aromatic N) is 2. The minimum Gasteiger partial charge on any atom is -0.302 e. The van der Waals surface area contributed by atoms with Gasteiger partial charge in [-0.05, 0) is 38.6 Å². The first-order chi connectivity index (χ1) is 6.24. The number of hydrogen-bond donors (Lipinski definition) is 0. The van der Waals surface area contributed by atoms with Gasteiger partial charge in [-0.15, -0.1) is 0 Å². The fourth-order valence-electron chi connectivity index (χ4n) is 2.09. The van der Waals surface area contributed by atoms with E-state index >= 15 is 0 Å². The molecule has 2 heteroatoms. The molecule has 1 aliphatic carbocycles. The van der Waals surface area contributed by atoms with Crippen LogP contribution in [-0.2, 0) is 0 Å². The standard InChI is InChI=1S/C11H20N2/c1-10-4-6-11(7-5-10)13(2)9-3-8-12/h10-11H,3-7,9H2,1-2H3/t10-,11-. The molecule has 1 aliphatic rings. The van der Waals surface area contributed by atoms with Crippen molar-refractivity contribution in [3.63, 3.8) is 0 Å². The van der Waals surface area contributed by atoms with Crippen molar-refractivity contribution in [3.05, 3.63) is 0 Å². The Hall–Kier alpha value is -0.550. The maximum atomic E-state index is 8.48. The second kappa shape index (κ2) is 5.24. The van der Waals surface area contributed by atoms with Gasteiger partial charge >= 0.3 is 0 Å². The van der Waals surface area contributed by atoms with E-state index in [2.05, 4.69) is 24.9 Å². The zero-order valence-corrected chi connectivity index (χ0v) is 8.79. The Labute approximate surface area is 81.5 Å². The van der Waals surface area contributed by atoms with Crippen LogP contribution in [0.2, 0.25) is 0 Å². The molecule has 0 spiro atoms. The van der Waals surface area contributed by atoms with Crippen LogP contribution < -0.4 is 0 Å². The summed E-state index contributed by atoms with van der Waals surface area (Å²) in [5, 5.41) is 8.48. The van der Waals surface area contributed by atoms with Crippen LogP contribution >= 0.6 is 0 Å². The maximum absolute atomic E-state index is 8.48. The summed E-state index contributed by atoms with van der Waals surface area (Å²) >= 11 is 0. The highest BCUT2D eigenvalue weighted by molar-refractivity contribution is 4.79. The average molecular weight is 180 g/mol. The second-order valence-corrected chi connectivity index (χ2v) is 4.30. The monoisotopic (exact) mass is 180 g/mol. The molecule has 0 aromatic carbocycles. The van der Waals surface area contributed by atoms with Gasteiger partial charge in [0.15, 0.2) is 0 Å². The maximum Gasteiger partial charge on any atom is 0.0635 e. The van der Waals surface area contributed by atoms with Crippen LogP contribution in [0.15, 0.2) is 0 Å². The van der Waals surface area contributed by atoms with E-state index in [4.69, 9.17) is 5.26 Å². The van der Waals surface area contributed by atoms with Crippen LogP contribution in [-0.4, -0.2) is 24.5 Å². The third-order valence-electron chi connectivity index (χ3n) is 3.19. The quantitative estimate of drug-likeness (QED) is 0.667. The van der Waals surface area contributed by atoms with Gasteiger partial charge in [0.05, 0.1) is 6.07 Å². The topological polar surface area (TPSA) is 27.0 Å². The van der Waals surface area contributed by atoms with E-state index in [1.54, 1.807) is 0 Å². The SMILES string of the molecule is CN(CCC#N)[C@H]1CC[C@H](C)CC1. The first-order valence-corrected chi connectivity index (χ1v) is 5.31. The highest BCUT2D eigenvalue weighted by atomic mass is 15.1. The third kappa shape index (κ3) is 3.36. The summed E-state index contributed by atoms with van der Waals surface area (Å²) in [5.41, 5.74) is 0. The van der Waals surface area contributed by atoms with Crippen LogP contribution in [0.5, 0.6) is 0 Å². The molecule has 1 rings (SSSR count). The molecule has 0 N–H and O–H groups in total. The van der Waals surface area contributed by atoms with Crippen molar-refractivity contribution in [1.82, 2.24) is 4.90 Å². The summed E-state index contributed by atoms with van der Waals surface area (Å²) < 4.78 is 0. The normalized spacial score (nSPS) is 28.8. The van der Waals surface area contributed by atoms with E-state index in [0.717, 1.165) is 18.5 Å². The summed E-state index contributed by atoms with van der Waals surface area (Å²) in [5.74, 6) is 0.917. The van der Waals surface area contributed by atoms with E-state index in [1.807, 2.05) is 0 Å². The van der Waals surface area contributed by atoms with E-state index in [9.17, 15) is 0 Å². The summed E-state index contributed by atoms with van der Waals surface area (Å²) in [6, 6.07) is 2.95. The molecule has 1 saturated carbocycles. The lowest BCUT2D eigenvalue weighted by atomic mass is 9.87. The molecular formula is C11H20N2. The predicted molar refractivity (Wildman–Crippen MR) is 54.3 cm³/mol. The van der Waals surface area contributed by atoms with Crippen molar-refractivity contribution in [2.24, 2.45) is 5.92 Å². The molecule has 0 aliphatic heterocycles. The Morgan fingerprint density at radius 3 is 2.46 bits per heavy atom. The lowest BCUT2D eigenvalue weighted by Crippen LogP contribution is -2.35. The zero-order valence-electron chi connectivity index (χ0n) is 8.79. The molecule has 0 radical (unpaired) electrons. The third-order valence-corrected chi connectivity index (χ3v) is 3.19. The largest absolute Gasteiger partial charge is 0.302 e. The molecule has 0 aromatic heterocycles. The van der Waals surface area contributed by atoms with Gasteiger partial charge in [0.2, 0.25) is 0 Å². The van der Waals surface area contributed by atoms with Crippen LogP contribution in [0.4, 0.5) is 0 Å². The van der Waals surface area contributed by atoms with E-state index in [0.29, 0.717) is 6.42 Å². The number of nitriles is 1. The van der Waals surface area contributed by atoms with Gasteiger partial charge in [-0.2, -0.15) is 5.26 Å². The average Bonchev–Trinajstić information content (AvgIpc) is 2.15. The Morgan fingerprint density at radius 2 is 1.92 bits per heavy atom. The summed E-state index contributed by atoms with van der Waals surface area (Å²) in [6.45, 7) is 3.28. The Kier molecular flexibility index (Phi) is 4.24. The summed E-state index contributed by atoms with van der Waals surface area (Å²) in [7, 11) is 2.15. The van der Waals surface area contributed by atoms with Crippen molar-refractivity contribution >= 4 is 0 Å². The first-order valence-electron chi connectivity index (χ1n) is 5.31. The highest BCUT2D eigenvalue weighted by Gasteiger charge is 2.20. The molecule has 0 amide bonds. The van der Waals surface area contributed by atoms with Crippen molar-refractivity contribution in [1.29, 1.82) is 5.26 Å². The van der Waals surface area contributed by atoms with Gasteiger partial charge in [-0.1, -0.05) is 6.92 Å². The first kappa shape index (κ1) is 10.5. The van der Waals surface area contributed by atoms with Gasteiger partial charge in [0.25, 0.3) is 0 Å². The molecule has 0 heterocycles. The Balaban J connectivity index is 2.24. The van der Waals surface area contributed by atoms with Crippen LogP contribution in [0.25, 0.3) is 0 Å². The molecule has 13 heavy (non-hydrogen) atoms. The van der Waals surface area contributed by atoms with Crippen LogP contribution in [0, 0.1) is 17.2 Å². The molecule has 74 valence electrons. The molecule has 0 aromatic rings. The molecule has 2 nitrogen and oxygen atoms in total. The van der Waals surface area contributed by atoms with Gasteiger partial charge in [0, 0.05) is 19.0 Å². The molecular weight excluding hydrogens is 160 g/mol. The fraction of sp³-hybridized carbons (Fsp3) is 0.909. The van der Waals surface area contributed by atoms with Crippen molar-refractivity contribution in [2.75, 3.05) is 13.6 Å². The number of hydrogen-bond acceptors (Lipinski definition) is 2. The van der Waals surface area contributed by atoms with Gasteiger partial charge in [0.1, 0.15) is 0 Å². The molecule has 0 saturated heterocycles. The van der Waals surface area contributed by atoms with E-state index in [1.165, 1.54) is 25.7 Å². The van der Waals surface area contributed by atoms with Crippen molar-refractivity contribution in [2.45, 2.75) is 45.1 Å². The molecule has 0 unspecified atom stereocenters. The summed E-state index contributed by atoms with van der Waals surface area (Å²) in [4.78, 5) is 2.36. The Bertz CT molecular complexity index is 175. The smallest absolute Gasteiger partial charge is 0.0635 e. The Morgan fingerprint density at radius 1 is 1.31 bits per heavy atom. The second-order valence-electron chi connectivity index (χ2n) is 4.30. The lowest BCUT2D eigenvalue weighted by molar-refractivity contribution is 0.173. The minimum atomic E-state index is 0.669. The fourth-order valence-corrected chi connectivity index (χ4v) is 2.09. The summed E-state index contributed by atoms with van der Waals surface area (Å²) in [6.07, 6.45) is 6.04. The molecule has 0 atom stereocenters. The predicted octanol–water partition coefficient (Wildman–Crippen LogP) is 2.41.